The number of hydrogen-bond donors (Lipinski definition) is 2. The average molecular weight is 425 g/mol. The largest absolute Gasteiger partial charge is 0.443 e. The summed E-state index contributed by atoms with van der Waals surface area (Å²) < 4.78 is 6.34. The molecular weight excluding hydrogens is 405 g/mol. The molecule has 0 aliphatic rings. The molecule has 2 rings (SSSR count). The van der Waals surface area contributed by atoms with Crippen LogP contribution in [0.5, 0.6) is 0 Å². The molecule has 0 saturated heterocycles. The Labute approximate surface area is 150 Å². The quantitative estimate of drug-likeness (QED) is 0.688. The van der Waals surface area contributed by atoms with E-state index in [0.29, 0.717) is 13.0 Å². The number of halogens is 1. The van der Waals surface area contributed by atoms with E-state index in [-0.39, 0.29) is 0 Å². The lowest BCUT2D eigenvalue weighted by molar-refractivity contribution is -0.000828. The smallest absolute Gasteiger partial charge is 0.407 e. The van der Waals surface area contributed by atoms with E-state index in [1.165, 1.54) is 0 Å². The van der Waals surface area contributed by atoms with Crippen molar-refractivity contribution in [2.24, 2.45) is 0 Å². The third-order valence-corrected chi connectivity index (χ3v) is 4.50. The van der Waals surface area contributed by atoms with Gasteiger partial charge in [-0.1, -0.05) is 55.5 Å². The highest BCUT2D eigenvalue weighted by molar-refractivity contribution is 14.1. The summed E-state index contributed by atoms with van der Waals surface area (Å²) in [5, 5.41) is 13.2. The Morgan fingerprint density at radius 1 is 1.17 bits per heavy atom. The van der Waals surface area contributed by atoms with Gasteiger partial charge >= 0.3 is 6.09 Å². The Bertz CT molecular complexity index is 633. The van der Waals surface area contributed by atoms with Crippen LogP contribution in [0.3, 0.4) is 0 Å². The summed E-state index contributed by atoms with van der Waals surface area (Å²) in [5.74, 6) is 0. The molecule has 2 N–H and O–H groups in total. The molecule has 1 amide bonds. The first-order valence-electron chi connectivity index (χ1n) is 7.52. The number of aliphatic hydroxyl groups excluding tert-OH is 1. The second kappa shape index (κ2) is 8.88. The van der Waals surface area contributed by atoms with Gasteiger partial charge in [0.2, 0.25) is 0 Å². The fraction of sp³-hybridized carbons (Fsp3) is 0.278. The van der Waals surface area contributed by atoms with Gasteiger partial charge in [-0.2, -0.15) is 0 Å². The molecule has 0 bridgehead atoms. The lowest BCUT2D eigenvalue weighted by Crippen LogP contribution is -2.32. The summed E-state index contributed by atoms with van der Waals surface area (Å²) in [6.07, 6.45) is -1.41. The van der Waals surface area contributed by atoms with Crippen LogP contribution in [0.15, 0.2) is 54.6 Å². The Kier molecular flexibility index (Phi) is 6.85. The van der Waals surface area contributed by atoms with Gasteiger partial charge < -0.3 is 15.2 Å². The van der Waals surface area contributed by atoms with E-state index >= 15 is 0 Å². The summed E-state index contributed by atoms with van der Waals surface area (Å²) in [5.41, 5.74) is 1.77. The Morgan fingerprint density at radius 2 is 1.83 bits per heavy atom. The molecule has 0 aromatic heterocycles. The molecule has 0 saturated carbocycles. The minimum atomic E-state index is -0.837. The summed E-state index contributed by atoms with van der Waals surface area (Å²) in [4.78, 5) is 12.0. The highest BCUT2D eigenvalue weighted by Crippen LogP contribution is 2.25. The van der Waals surface area contributed by atoms with Crippen molar-refractivity contribution in [1.82, 2.24) is 5.32 Å². The zero-order valence-corrected chi connectivity index (χ0v) is 15.1. The van der Waals surface area contributed by atoms with E-state index in [2.05, 4.69) is 27.9 Å². The molecule has 2 aromatic rings. The van der Waals surface area contributed by atoms with Crippen molar-refractivity contribution in [2.45, 2.75) is 32.1 Å². The minimum absolute atomic E-state index is 0.398. The van der Waals surface area contributed by atoms with Crippen LogP contribution in [0, 0.1) is 3.57 Å². The zero-order chi connectivity index (χ0) is 16.7. The first kappa shape index (κ1) is 17.7. The van der Waals surface area contributed by atoms with Gasteiger partial charge in [-0.15, -0.1) is 0 Å². The van der Waals surface area contributed by atoms with Crippen molar-refractivity contribution in [3.63, 3.8) is 0 Å². The number of carbonyl (C=O) groups is 1. The molecular formula is C18H20INO3. The lowest BCUT2D eigenvalue weighted by atomic mass is 10.0. The van der Waals surface area contributed by atoms with Crippen LogP contribution in [-0.2, 0) is 11.3 Å². The normalized spacial score (nSPS) is 13.2. The van der Waals surface area contributed by atoms with E-state index in [1.807, 2.05) is 61.5 Å². The molecule has 2 aromatic carbocycles. The standard InChI is InChI=1S/C18H20INO3/c1-2-16(17(21)14-10-6-7-11-15(14)19)23-18(22)20-12-13-8-4-3-5-9-13/h3-11,16-17,21H,2,12H2,1H3,(H,20,22)/t16-,17-/m0/s1. The van der Waals surface area contributed by atoms with E-state index in [9.17, 15) is 9.90 Å². The third kappa shape index (κ3) is 5.21. The number of aliphatic hydroxyl groups is 1. The summed E-state index contributed by atoms with van der Waals surface area (Å²) >= 11 is 2.17. The predicted molar refractivity (Wildman–Crippen MR) is 98.0 cm³/mol. The molecule has 122 valence electrons. The molecule has 0 radical (unpaired) electrons. The fourth-order valence-electron chi connectivity index (χ4n) is 2.24. The number of amides is 1. The van der Waals surface area contributed by atoms with Crippen molar-refractivity contribution in [3.8, 4) is 0 Å². The number of carbonyl (C=O) groups excluding carboxylic acids is 1. The summed E-state index contributed by atoms with van der Waals surface area (Å²) in [6.45, 7) is 2.28. The van der Waals surface area contributed by atoms with Gasteiger partial charge in [0, 0.05) is 10.1 Å². The van der Waals surface area contributed by atoms with Crippen LogP contribution in [0.1, 0.15) is 30.6 Å². The van der Waals surface area contributed by atoms with Crippen molar-refractivity contribution in [2.75, 3.05) is 0 Å². The van der Waals surface area contributed by atoms with Gasteiger partial charge in [-0.3, -0.25) is 0 Å². The number of rotatable bonds is 6. The summed E-state index contributed by atoms with van der Waals surface area (Å²) in [6, 6.07) is 17.2. The Balaban J connectivity index is 1.93. The molecule has 23 heavy (non-hydrogen) atoms. The van der Waals surface area contributed by atoms with Crippen molar-refractivity contribution in [1.29, 1.82) is 0 Å². The highest BCUT2D eigenvalue weighted by atomic mass is 127. The van der Waals surface area contributed by atoms with Crippen molar-refractivity contribution < 1.29 is 14.6 Å². The van der Waals surface area contributed by atoms with Crippen molar-refractivity contribution in [3.05, 3.63) is 69.3 Å². The predicted octanol–water partition coefficient (Wildman–Crippen LogP) is 4.03. The number of hydrogen-bond acceptors (Lipinski definition) is 3. The van der Waals surface area contributed by atoms with Crippen LogP contribution in [-0.4, -0.2) is 17.3 Å². The van der Waals surface area contributed by atoms with E-state index in [4.69, 9.17) is 4.74 Å². The molecule has 0 aliphatic carbocycles. The third-order valence-electron chi connectivity index (χ3n) is 3.52. The highest BCUT2D eigenvalue weighted by Gasteiger charge is 2.24. The number of ether oxygens (including phenoxy) is 1. The minimum Gasteiger partial charge on any atom is -0.443 e. The maximum absolute atomic E-state index is 12.0. The first-order valence-corrected chi connectivity index (χ1v) is 8.60. The lowest BCUT2D eigenvalue weighted by Gasteiger charge is -2.23. The second-order valence-electron chi connectivity index (χ2n) is 5.16. The van der Waals surface area contributed by atoms with E-state index in [0.717, 1.165) is 14.7 Å². The van der Waals surface area contributed by atoms with Gasteiger partial charge in [0.05, 0.1) is 0 Å². The van der Waals surface area contributed by atoms with Gasteiger partial charge in [0.1, 0.15) is 12.2 Å². The monoisotopic (exact) mass is 425 g/mol. The molecule has 4 nitrogen and oxygen atoms in total. The molecule has 0 fully saturated rings. The summed E-state index contributed by atoms with van der Waals surface area (Å²) in [7, 11) is 0. The SMILES string of the molecule is CC[C@H](OC(=O)NCc1ccccc1)[C@@H](O)c1ccccc1I. The number of nitrogens with one attached hydrogen (secondary N) is 1. The van der Waals surface area contributed by atoms with Crippen LogP contribution < -0.4 is 5.32 Å². The maximum atomic E-state index is 12.0. The van der Waals surface area contributed by atoms with Crippen LogP contribution in [0.2, 0.25) is 0 Å². The average Bonchev–Trinajstić information content (AvgIpc) is 2.58. The molecule has 0 unspecified atom stereocenters. The molecule has 0 heterocycles. The fourth-order valence-corrected chi connectivity index (χ4v) is 2.94. The Hall–Kier alpha value is -1.60. The van der Waals surface area contributed by atoms with Crippen LogP contribution >= 0.6 is 22.6 Å². The maximum Gasteiger partial charge on any atom is 0.407 e. The molecule has 0 spiro atoms. The van der Waals surface area contributed by atoms with E-state index < -0.39 is 18.3 Å². The molecule has 0 aliphatic heterocycles. The van der Waals surface area contributed by atoms with Crippen LogP contribution in [0.4, 0.5) is 4.79 Å². The van der Waals surface area contributed by atoms with Crippen molar-refractivity contribution >= 4 is 28.7 Å². The second-order valence-corrected chi connectivity index (χ2v) is 6.32. The van der Waals surface area contributed by atoms with Gasteiger partial charge in [0.25, 0.3) is 0 Å². The zero-order valence-electron chi connectivity index (χ0n) is 12.9. The van der Waals surface area contributed by atoms with Gasteiger partial charge in [0.15, 0.2) is 0 Å². The first-order chi connectivity index (χ1) is 11.1. The van der Waals surface area contributed by atoms with Crippen LogP contribution in [0.25, 0.3) is 0 Å². The van der Waals surface area contributed by atoms with Gasteiger partial charge in [-0.25, -0.2) is 4.79 Å². The van der Waals surface area contributed by atoms with Gasteiger partial charge in [-0.05, 0) is 46.2 Å². The molecule has 2 atom stereocenters. The Morgan fingerprint density at radius 3 is 2.48 bits per heavy atom. The number of alkyl carbamates (subject to hydrolysis) is 1. The number of benzene rings is 2. The molecule has 5 heteroatoms. The van der Waals surface area contributed by atoms with E-state index in [1.54, 1.807) is 0 Å². The topological polar surface area (TPSA) is 58.6 Å².